The van der Waals surface area contributed by atoms with Crippen molar-refractivity contribution in [2.24, 2.45) is 0 Å². The minimum absolute atomic E-state index is 0.110. The minimum Gasteiger partial charge on any atom is -0.350 e. The highest BCUT2D eigenvalue weighted by Crippen LogP contribution is 2.21. The summed E-state index contributed by atoms with van der Waals surface area (Å²) in [5, 5.41) is 3.68. The van der Waals surface area contributed by atoms with Gasteiger partial charge in [0.05, 0.1) is 16.8 Å². The van der Waals surface area contributed by atoms with E-state index < -0.39 is 0 Å². The van der Waals surface area contributed by atoms with Crippen molar-refractivity contribution >= 4 is 39.4 Å². The summed E-state index contributed by atoms with van der Waals surface area (Å²) in [6, 6.07) is 7.54. The summed E-state index contributed by atoms with van der Waals surface area (Å²) >= 11 is 1.56. The number of carbonyl (C=O) groups is 3. The number of hydrogen-bond donors (Lipinski definition) is 1. The van der Waals surface area contributed by atoms with Crippen molar-refractivity contribution in [2.75, 3.05) is 20.1 Å². The van der Waals surface area contributed by atoms with Crippen LogP contribution in [0.2, 0.25) is 0 Å². The number of nitrogens with zero attached hydrogens (tertiary/aromatic N) is 3. The first-order valence-electron chi connectivity index (χ1n) is 7.71. The number of para-hydroxylation sites is 1. The van der Waals surface area contributed by atoms with Crippen LogP contribution < -0.4 is 5.32 Å². The lowest BCUT2D eigenvalue weighted by molar-refractivity contribution is -0.126. The molecule has 3 rings (SSSR count). The van der Waals surface area contributed by atoms with Gasteiger partial charge in [-0.1, -0.05) is 12.1 Å². The molecule has 0 atom stereocenters. The largest absolute Gasteiger partial charge is 0.350 e. The van der Waals surface area contributed by atoms with Gasteiger partial charge in [-0.15, -0.1) is 11.3 Å². The fourth-order valence-corrected chi connectivity index (χ4v) is 3.45. The zero-order chi connectivity index (χ0) is 17.1. The van der Waals surface area contributed by atoms with Crippen LogP contribution in [-0.2, 0) is 16.1 Å². The van der Waals surface area contributed by atoms with Crippen LogP contribution in [0.25, 0.3) is 10.2 Å². The lowest BCUT2D eigenvalue weighted by atomic mass is 10.3. The molecule has 1 N–H and O–H groups in total. The normalized spacial score (nSPS) is 14.7. The van der Waals surface area contributed by atoms with Gasteiger partial charge < -0.3 is 10.2 Å². The third-order valence-corrected chi connectivity index (χ3v) is 4.83. The van der Waals surface area contributed by atoms with Crippen molar-refractivity contribution in [2.45, 2.75) is 19.4 Å². The molecule has 1 aromatic carbocycles. The molecule has 1 aliphatic rings. The number of urea groups is 1. The molecule has 4 amide bonds. The number of carbonyl (C=O) groups excluding carboxylic acids is 3. The molecule has 0 unspecified atom stereocenters. The SMILES string of the molecule is CN1CC(=O)N(CCCC(=O)NCc2nc3ccccc3s2)C1=O. The van der Waals surface area contributed by atoms with E-state index in [1.54, 1.807) is 18.4 Å². The summed E-state index contributed by atoms with van der Waals surface area (Å²) in [6.45, 7) is 0.779. The molecule has 0 bridgehead atoms. The molecule has 8 heteroatoms. The predicted molar refractivity (Wildman–Crippen MR) is 90.4 cm³/mol. The van der Waals surface area contributed by atoms with E-state index in [9.17, 15) is 14.4 Å². The molecule has 0 aliphatic carbocycles. The Balaban J connectivity index is 1.43. The summed E-state index contributed by atoms with van der Waals surface area (Å²) < 4.78 is 1.09. The molecular formula is C16H18N4O3S. The molecule has 7 nitrogen and oxygen atoms in total. The van der Waals surface area contributed by atoms with E-state index in [-0.39, 0.29) is 37.4 Å². The number of aromatic nitrogens is 1. The van der Waals surface area contributed by atoms with Crippen molar-refractivity contribution in [3.63, 3.8) is 0 Å². The van der Waals surface area contributed by atoms with Gasteiger partial charge in [0.1, 0.15) is 11.6 Å². The Labute approximate surface area is 143 Å². The number of thiazole rings is 1. The van der Waals surface area contributed by atoms with E-state index in [2.05, 4.69) is 10.3 Å². The second-order valence-electron chi connectivity index (χ2n) is 5.64. The average Bonchev–Trinajstić information content (AvgIpc) is 3.08. The van der Waals surface area contributed by atoms with E-state index >= 15 is 0 Å². The van der Waals surface area contributed by atoms with Gasteiger partial charge in [-0.3, -0.25) is 14.5 Å². The van der Waals surface area contributed by atoms with Crippen LogP contribution in [-0.4, -0.2) is 52.8 Å². The maximum Gasteiger partial charge on any atom is 0.326 e. The van der Waals surface area contributed by atoms with Crippen LogP contribution in [0, 0.1) is 0 Å². The van der Waals surface area contributed by atoms with E-state index in [1.165, 1.54) is 9.80 Å². The van der Waals surface area contributed by atoms with Gasteiger partial charge in [0, 0.05) is 20.0 Å². The summed E-state index contributed by atoms with van der Waals surface area (Å²) in [6.07, 6.45) is 0.725. The number of fused-ring (bicyclic) bond motifs is 1. The van der Waals surface area contributed by atoms with Gasteiger partial charge in [0.25, 0.3) is 0 Å². The van der Waals surface area contributed by atoms with Crippen molar-refractivity contribution in [1.82, 2.24) is 20.1 Å². The molecule has 2 aromatic rings. The molecule has 0 saturated carbocycles. The second kappa shape index (κ2) is 6.96. The predicted octanol–water partition coefficient (Wildman–Crippen LogP) is 1.59. The number of benzene rings is 1. The van der Waals surface area contributed by atoms with Crippen molar-refractivity contribution in [1.29, 1.82) is 0 Å². The van der Waals surface area contributed by atoms with E-state index in [0.717, 1.165) is 15.2 Å². The number of likely N-dealkylation sites (N-methyl/N-ethyl adjacent to an activating group) is 1. The molecule has 0 spiro atoms. The van der Waals surface area contributed by atoms with Gasteiger partial charge in [-0.25, -0.2) is 9.78 Å². The number of imide groups is 1. The Morgan fingerprint density at radius 1 is 1.33 bits per heavy atom. The number of amides is 4. The first kappa shape index (κ1) is 16.4. The highest BCUT2D eigenvalue weighted by atomic mass is 32.1. The monoisotopic (exact) mass is 346 g/mol. The van der Waals surface area contributed by atoms with Crippen molar-refractivity contribution in [3.05, 3.63) is 29.3 Å². The highest BCUT2D eigenvalue weighted by Gasteiger charge is 2.32. The Morgan fingerprint density at radius 3 is 2.83 bits per heavy atom. The average molecular weight is 346 g/mol. The summed E-state index contributed by atoms with van der Waals surface area (Å²) in [5.74, 6) is -0.320. The Bertz CT molecular complexity index is 755. The Morgan fingerprint density at radius 2 is 2.12 bits per heavy atom. The Hall–Kier alpha value is -2.48. The van der Waals surface area contributed by atoms with E-state index in [1.807, 2.05) is 24.3 Å². The van der Waals surface area contributed by atoms with Crippen molar-refractivity contribution < 1.29 is 14.4 Å². The van der Waals surface area contributed by atoms with Gasteiger partial charge in [0.15, 0.2) is 0 Å². The lowest BCUT2D eigenvalue weighted by Gasteiger charge is -2.13. The minimum atomic E-state index is -0.296. The first-order valence-corrected chi connectivity index (χ1v) is 8.53. The van der Waals surface area contributed by atoms with Crippen molar-refractivity contribution in [3.8, 4) is 0 Å². The van der Waals surface area contributed by atoms with Crippen LogP contribution in [0.15, 0.2) is 24.3 Å². The molecule has 1 saturated heterocycles. The fourth-order valence-electron chi connectivity index (χ4n) is 2.54. The summed E-state index contributed by atoms with van der Waals surface area (Å²) in [5.41, 5.74) is 0.932. The molecular weight excluding hydrogens is 328 g/mol. The van der Waals surface area contributed by atoms with Gasteiger partial charge in [-0.2, -0.15) is 0 Å². The van der Waals surface area contributed by atoms with Crippen LogP contribution in [0.1, 0.15) is 17.8 Å². The topological polar surface area (TPSA) is 82.6 Å². The third kappa shape index (κ3) is 3.53. The maximum absolute atomic E-state index is 11.9. The summed E-state index contributed by atoms with van der Waals surface area (Å²) in [4.78, 5) is 42.3. The zero-order valence-electron chi connectivity index (χ0n) is 13.3. The standard InChI is InChI=1S/C16H18N4O3S/c1-19-10-15(22)20(16(19)23)8-4-7-13(21)17-9-14-18-11-5-2-3-6-12(11)24-14/h2-3,5-6H,4,7-10H2,1H3,(H,17,21). The van der Waals surface area contributed by atoms with Crippen LogP contribution in [0.5, 0.6) is 0 Å². The molecule has 1 aromatic heterocycles. The van der Waals surface area contributed by atoms with E-state index in [4.69, 9.17) is 0 Å². The van der Waals surface area contributed by atoms with Crippen LogP contribution >= 0.6 is 11.3 Å². The second-order valence-corrected chi connectivity index (χ2v) is 6.75. The summed E-state index contributed by atoms with van der Waals surface area (Å²) in [7, 11) is 1.59. The fraction of sp³-hybridized carbons (Fsp3) is 0.375. The zero-order valence-corrected chi connectivity index (χ0v) is 14.1. The number of rotatable bonds is 6. The number of hydrogen-bond acceptors (Lipinski definition) is 5. The molecule has 1 aliphatic heterocycles. The maximum atomic E-state index is 11.9. The first-order chi connectivity index (χ1) is 11.5. The number of nitrogens with one attached hydrogen (secondary N) is 1. The highest BCUT2D eigenvalue weighted by molar-refractivity contribution is 7.18. The van der Waals surface area contributed by atoms with E-state index in [0.29, 0.717) is 13.0 Å². The molecule has 1 fully saturated rings. The lowest BCUT2D eigenvalue weighted by Crippen LogP contribution is -2.33. The quantitative estimate of drug-likeness (QED) is 0.805. The molecule has 2 heterocycles. The van der Waals surface area contributed by atoms with Gasteiger partial charge >= 0.3 is 6.03 Å². The molecule has 0 radical (unpaired) electrons. The Kier molecular flexibility index (Phi) is 4.75. The van der Waals surface area contributed by atoms with Crippen LogP contribution in [0.4, 0.5) is 4.79 Å². The molecule has 24 heavy (non-hydrogen) atoms. The smallest absolute Gasteiger partial charge is 0.326 e. The third-order valence-electron chi connectivity index (χ3n) is 3.79. The van der Waals surface area contributed by atoms with Crippen LogP contribution in [0.3, 0.4) is 0 Å². The van der Waals surface area contributed by atoms with Gasteiger partial charge in [-0.05, 0) is 18.6 Å². The van der Waals surface area contributed by atoms with Gasteiger partial charge in [0.2, 0.25) is 11.8 Å². The molecule has 126 valence electrons.